The Morgan fingerprint density at radius 1 is 1.30 bits per heavy atom. The standard InChI is InChI=1S/C13H15N3O4/c14-6-7-15-8-10(17)16(13(15)20)11(12(18)19)9-4-2-1-3-5-9/h1-5,11H,6-8,14H2,(H,18,19). The number of hydrogen-bond donors (Lipinski definition) is 2. The first-order chi connectivity index (χ1) is 9.56. The molecule has 106 valence electrons. The van der Waals surface area contributed by atoms with Gasteiger partial charge in [0, 0.05) is 13.1 Å². The van der Waals surface area contributed by atoms with E-state index in [9.17, 15) is 19.5 Å². The fourth-order valence-electron chi connectivity index (χ4n) is 2.19. The molecule has 7 nitrogen and oxygen atoms in total. The Labute approximate surface area is 115 Å². The Morgan fingerprint density at radius 3 is 2.50 bits per heavy atom. The fourth-order valence-corrected chi connectivity index (χ4v) is 2.19. The van der Waals surface area contributed by atoms with Gasteiger partial charge in [-0.25, -0.2) is 14.5 Å². The second-order valence-corrected chi connectivity index (χ2v) is 4.41. The number of carbonyl (C=O) groups is 3. The molecule has 0 aromatic heterocycles. The number of aliphatic carboxylic acids is 1. The summed E-state index contributed by atoms with van der Waals surface area (Å²) in [6.07, 6.45) is 0. The number of urea groups is 1. The van der Waals surface area contributed by atoms with Crippen molar-refractivity contribution < 1.29 is 19.5 Å². The van der Waals surface area contributed by atoms with Crippen LogP contribution in [-0.4, -0.2) is 52.4 Å². The van der Waals surface area contributed by atoms with Crippen molar-refractivity contribution in [2.24, 2.45) is 5.73 Å². The van der Waals surface area contributed by atoms with E-state index in [-0.39, 0.29) is 19.6 Å². The van der Waals surface area contributed by atoms with E-state index < -0.39 is 23.9 Å². The Bertz CT molecular complexity index is 532. The van der Waals surface area contributed by atoms with E-state index in [2.05, 4.69) is 0 Å². The Kier molecular flexibility index (Phi) is 3.99. The number of carboxylic acid groups (broad SMARTS) is 1. The van der Waals surface area contributed by atoms with Crippen molar-refractivity contribution in [2.45, 2.75) is 6.04 Å². The van der Waals surface area contributed by atoms with Gasteiger partial charge in [0.1, 0.15) is 6.54 Å². The minimum Gasteiger partial charge on any atom is -0.479 e. The van der Waals surface area contributed by atoms with Crippen LogP contribution in [0.4, 0.5) is 4.79 Å². The molecule has 0 radical (unpaired) electrons. The van der Waals surface area contributed by atoms with E-state index in [0.717, 1.165) is 4.90 Å². The molecule has 1 aromatic carbocycles. The van der Waals surface area contributed by atoms with Crippen LogP contribution in [0.3, 0.4) is 0 Å². The van der Waals surface area contributed by atoms with Crippen LogP contribution in [0.5, 0.6) is 0 Å². The van der Waals surface area contributed by atoms with Crippen LogP contribution >= 0.6 is 0 Å². The Morgan fingerprint density at radius 2 is 1.95 bits per heavy atom. The molecule has 0 saturated carbocycles. The minimum atomic E-state index is -1.31. The summed E-state index contributed by atoms with van der Waals surface area (Å²) in [6, 6.07) is 6.28. The van der Waals surface area contributed by atoms with E-state index in [1.54, 1.807) is 30.3 Å². The fraction of sp³-hybridized carbons (Fsp3) is 0.308. The number of rotatable bonds is 5. The van der Waals surface area contributed by atoms with E-state index in [0.29, 0.717) is 5.56 Å². The largest absolute Gasteiger partial charge is 0.479 e. The van der Waals surface area contributed by atoms with E-state index in [1.807, 2.05) is 0 Å². The summed E-state index contributed by atoms with van der Waals surface area (Å²) < 4.78 is 0. The number of amides is 3. The second-order valence-electron chi connectivity index (χ2n) is 4.41. The lowest BCUT2D eigenvalue weighted by Gasteiger charge is -2.23. The van der Waals surface area contributed by atoms with Gasteiger partial charge in [-0.15, -0.1) is 0 Å². The topological polar surface area (TPSA) is 104 Å². The summed E-state index contributed by atoms with van der Waals surface area (Å²) in [4.78, 5) is 37.6. The highest BCUT2D eigenvalue weighted by atomic mass is 16.4. The first kappa shape index (κ1) is 14.0. The van der Waals surface area contributed by atoms with Gasteiger partial charge >= 0.3 is 12.0 Å². The molecule has 1 aliphatic heterocycles. The van der Waals surface area contributed by atoms with Gasteiger partial charge in [-0.2, -0.15) is 0 Å². The highest BCUT2D eigenvalue weighted by Gasteiger charge is 2.43. The van der Waals surface area contributed by atoms with Gasteiger partial charge in [0.2, 0.25) is 0 Å². The first-order valence-electron chi connectivity index (χ1n) is 6.15. The van der Waals surface area contributed by atoms with Crippen LogP contribution in [0, 0.1) is 0 Å². The Balaban J connectivity index is 2.33. The quantitative estimate of drug-likeness (QED) is 0.739. The van der Waals surface area contributed by atoms with Crippen molar-refractivity contribution in [1.82, 2.24) is 9.80 Å². The zero-order valence-electron chi connectivity index (χ0n) is 10.7. The highest BCUT2D eigenvalue weighted by Crippen LogP contribution is 2.26. The number of nitrogens with zero attached hydrogens (tertiary/aromatic N) is 2. The number of hydrogen-bond acceptors (Lipinski definition) is 4. The lowest BCUT2D eigenvalue weighted by molar-refractivity contribution is -0.146. The molecule has 0 aliphatic carbocycles. The van der Waals surface area contributed by atoms with Crippen LogP contribution in [0.1, 0.15) is 11.6 Å². The molecule has 1 aromatic rings. The molecule has 0 bridgehead atoms. The molecule has 2 rings (SSSR count). The van der Waals surface area contributed by atoms with Gasteiger partial charge in [0.05, 0.1) is 0 Å². The normalized spacial score (nSPS) is 16.6. The van der Waals surface area contributed by atoms with Crippen LogP contribution < -0.4 is 5.73 Å². The zero-order chi connectivity index (χ0) is 14.7. The molecular weight excluding hydrogens is 262 g/mol. The second kappa shape index (κ2) is 5.70. The van der Waals surface area contributed by atoms with Gasteiger partial charge in [0.15, 0.2) is 6.04 Å². The molecule has 1 atom stereocenters. The van der Waals surface area contributed by atoms with Gasteiger partial charge in [-0.05, 0) is 5.56 Å². The molecule has 1 aliphatic rings. The number of carboxylic acids is 1. The molecule has 1 unspecified atom stereocenters. The van der Waals surface area contributed by atoms with Crippen LogP contribution in [0.15, 0.2) is 30.3 Å². The number of carbonyl (C=O) groups excluding carboxylic acids is 2. The summed E-state index contributed by atoms with van der Waals surface area (Å²) in [5, 5.41) is 9.35. The van der Waals surface area contributed by atoms with Crippen molar-refractivity contribution in [3.05, 3.63) is 35.9 Å². The molecule has 0 spiro atoms. The van der Waals surface area contributed by atoms with Crippen molar-refractivity contribution in [3.63, 3.8) is 0 Å². The number of nitrogens with two attached hydrogens (primary N) is 1. The molecular formula is C13H15N3O4. The highest BCUT2D eigenvalue weighted by molar-refractivity contribution is 6.05. The predicted molar refractivity (Wildman–Crippen MR) is 69.7 cm³/mol. The molecule has 3 N–H and O–H groups in total. The van der Waals surface area contributed by atoms with Crippen LogP contribution in [0.2, 0.25) is 0 Å². The van der Waals surface area contributed by atoms with E-state index in [1.165, 1.54) is 4.90 Å². The van der Waals surface area contributed by atoms with Crippen molar-refractivity contribution in [1.29, 1.82) is 0 Å². The number of benzene rings is 1. The van der Waals surface area contributed by atoms with Gasteiger partial charge in [0.25, 0.3) is 5.91 Å². The zero-order valence-corrected chi connectivity index (χ0v) is 10.7. The van der Waals surface area contributed by atoms with Crippen LogP contribution in [0.25, 0.3) is 0 Å². The predicted octanol–water partition coefficient (Wildman–Crippen LogP) is 0.0352. The summed E-state index contributed by atoms with van der Waals surface area (Å²) >= 11 is 0. The van der Waals surface area contributed by atoms with E-state index in [4.69, 9.17) is 5.73 Å². The average molecular weight is 277 g/mol. The van der Waals surface area contributed by atoms with Crippen molar-refractivity contribution >= 4 is 17.9 Å². The Hall–Kier alpha value is -2.41. The molecule has 1 heterocycles. The van der Waals surface area contributed by atoms with Gasteiger partial charge < -0.3 is 15.7 Å². The van der Waals surface area contributed by atoms with Gasteiger partial charge in [-0.3, -0.25) is 4.79 Å². The summed E-state index contributed by atoms with van der Waals surface area (Å²) in [7, 11) is 0. The smallest absolute Gasteiger partial charge is 0.331 e. The monoisotopic (exact) mass is 277 g/mol. The lowest BCUT2D eigenvalue weighted by atomic mass is 10.1. The maximum absolute atomic E-state index is 12.1. The third-order valence-corrected chi connectivity index (χ3v) is 3.08. The average Bonchev–Trinajstić information content (AvgIpc) is 2.68. The minimum absolute atomic E-state index is 0.132. The lowest BCUT2D eigenvalue weighted by Crippen LogP contribution is -2.40. The maximum Gasteiger partial charge on any atom is 0.331 e. The van der Waals surface area contributed by atoms with Crippen molar-refractivity contribution in [3.8, 4) is 0 Å². The maximum atomic E-state index is 12.1. The SMILES string of the molecule is NCCN1CC(=O)N(C(C(=O)O)c2ccccc2)C1=O. The third kappa shape index (κ3) is 2.48. The van der Waals surface area contributed by atoms with Crippen LogP contribution in [-0.2, 0) is 9.59 Å². The summed E-state index contributed by atoms with van der Waals surface area (Å²) in [6.45, 7) is 0.310. The summed E-state index contributed by atoms with van der Waals surface area (Å²) in [5.74, 6) is -1.77. The molecule has 20 heavy (non-hydrogen) atoms. The van der Waals surface area contributed by atoms with Gasteiger partial charge in [-0.1, -0.05) is 30.3 Å². The molecule has 7 heteroatoms. The molecule has 3 amide bonds. The summed E-state index contributed by atoms with van der Waals surface area (Å²) in [5.41, 5.74) is 5.75. The van der Waals surface area contributed by atoms with Crippen molar-refractivity contribution in [2.75, 3.05) is 19.6 Å². The number of imide groups is 1. The third-order valence-electron chi connectivity index (χ3n) is 3.08. The first-order valence-corrected chi connectivity index (χ1v) is 6.15. The van der Waals surface area contributed by atoms with E-state index >= 15 is 0 Å². The molecule has 1 fully saturated rings. The molecule has 1 saturated heterocycles.